The predicted octanol–water partition coefficient (Wildman–Crippen LogP) is 3.73. The highest BCUT2D eigenvalue weighted by atomic mass is 32.2. The first-order chi connectivity index (χ1) is 14.6. The van der Waals surface area contributed by atoms with Crippen LogP contribution in [0.1, 0.15) is 56.3 Å². The van der Waals surface area contributed by atoms with E-state index in [0.717, 1.165) is 18.4 Å². The monoisotopic (exact) mass is 439 g/mol. The van der Waals surface area contributed by atoms with Crippen LogP contribution in [0.5, 0.6) is 0 Å². The lowest BCUT2D eigenvalue weighted by atomic mass is 9.86. The molecule has 0 saturated carbocycles. The first-order valence-electron chi connectivity index (χ1n) is 10.6. The molecule has 1 saturated heterocycles. The predicted molar refractivity (Wildman–Crippen MR) is 122 cm³/mol. The summed E-state index contributed by atoms with van der Waals surface area (Å²) in [6.07, 6.45) is 1.89. The molecule has 31 heavy (non-hydrogen) atoms. The number of carbonyl (C=O) groups is 1. The number of fused-ring (bicyclic) bond motifs is 1. The normalized spacial score (nSPS) is 19.8. The van der Waals surface area contributed by atoms with Gasteiger partial charge in [-0.05, 0) is 41.5 Å². The van der Waals surface area contributed by atoms with Gasteiger partial charge in [0, 0.05) is 19.2 Å². The van der Waals surface area contributed by atoms with Crippen LogP contribution in [0.25, 0.3) is 0 Å². The average Bonchev–Trinajstić information content (AvgIpc) is 3.31. The maximum atomic E-state index is 13.2. The third-order valence-electron chi connectivity index (χ3n) is 6.08. The standard InChI is InChI=1S/C24H29N3O3S/c1-24(2,3)18-13-11-17(12-14-18)20-9-7-15-27(20)22(28)16-26(4)23-19-8-5-6-10-21(19)31(29,30)25-23/h5-6,8,10-14,20H,7,9,15-16H2,1-4H3. The molecule has 2 aromatic carbocycles. The van der Waals surface area contributed by atoms with Crippen LogP contribution < -0.4 is 0 Å². The lowest BCUT2D eigenvalue weighted by Crippen LogP contribution is -2.40. The van der Waals surface area contributed by atoms with Gasteiger partial charge in [-0.25, -0.2) is 0 Å². The Balaban J connectivity index is 1.51. The van der Waals surface area contributed by atoms with Gasteiger partial charge in [0.05, 0.1) is 12.6 Å². The molecule has 0 aliphatic carbocycles. The van der Waals surface area contributed by atoms with Gasteiger partial charge in [0.15, 0.2) is 5.84 Å². The molecule has 1 unspecified atom stereocenters. The summed E-state index contributed by atoms with van der Waals surface area (Å²) in [5.41, 5.74) is 3.05. The maximum absolute atomic E-state index is 13.2. The third kappa shape index (κ3) is 4.11. The van der Waals surface area contributed by atoms with Crippen molar-refractivity contribution in [3.05, 3.63) is 65.2 Å². The van der Waals surface area contributed by atoms with E-state index in [2.05, 4.69) is 49.4 Å². The topological polar surface area (TPSA) is 70.1 Å². The molecule has 1 fully saturated rings. The van der Waals surface area contributed by atoms with Gasteiger partial charge < -0.3 is 9.80 Å². The van der Waals surface area contributed by atoms with Gasteiger partial charge in [-0.2, -0.15) is 8.42 Å². The van der Waals surface area contributed by atoms with E-state index in [9.17, 15) is 13.2 Å². The zero-order chi connectivity index (χ0) is 22.4. The van der Waals surface area contributed by atoms with Crippen LogP contribution in [0.4, 0.5) is 0 Å². The van der Waals surface area contributed by atoms with Gasteiger partial charge in [0.25, 0.3) is 10.0 Å². The van der Waals surface area contributed by atoms with Crippen molar-refractivity contribution >= 4 is 21.8 Å². The number of likely N-dealkylation sites (N-methyl/N-ethyl adjacent to an activating group) is 1. The van der Waals surface area contributed by atoms with E-state index in [1.807, 2.05) is 4.90 Å². The Labute approximate surface area is 184 Å². The summed E-state index contributed by atoms with van der Waals surface area (Å²) in [6, 6.07) is 15.4. The molecule has 0 aromatic heterocycles. The minimum Gasteiger partial charge on any atom is -0.349 e. The zero-order valence-electron chi connectivity index (χ0n) is 18.5. The lowest BCUT2D eigenvalue weighted by Gasteiger charge is -2.28. The van der Waals surface area contributed by atoms with Crippen LogP contribution >= 0.6 is 0 Å². The summed E-state index contributed by atoms with van der Waals surface area (Å²) < 4.78 is 28.6. The summed E-state index contributed by atoms with van der Waals surface area (Å²) in [4.78, 5) is 16.9. The van der Waals surface area contributed by atoms with E-state index in [1.54, 1.807) is 36.2 Å². The number of amidine groups is 1. The van der Waals surface area contributed by atoms with Crippen molar-refractivity contribution in [2.45, 2.75) is 50.0 Å². The molecule has 1 atom stereocenters. The van der Waals surface area contributed by atoms with Crippen molar-refractivity contribution in [2.24, 2.45) is 4.40 Å². The second kappa shape index (κ2) is 7.79. The minimum atomic E-state index is -3.70. The molecule has 2 heterocycles. The van der Waals surface area contributed by atoms with Crippen molar-refractivity contribution in [2.75, 3.05) is 20.1 Å². The summed E-state index contributed by atoms with van der Waals surface area (Å²) in [7, 11) is -1.98. The van der Waals surface area contributed by atoms with Gasteiger partial charge in [-0.3, -0.25) is 4.79 Å². The number of amides is 1. The number of sulfonamides is 1. The molecule has 0 radical (unpaired) electrons. The molecule has 6 nitrogen and oxygen atoms in total. The van der Waals surface area contributed by atoms with E-state index in [4.69, 9.17) is 0 Å². The van der Waals surface area contributed by atoms with Crippen LogP contribution in [0.2, 0.25) is 0 Å². The molecule has 7 heteroatoms. The van der Waals surface area contributed by atoms with Crippen LogP contribution in [-0.4, -0.2) is 50.1 Å². The summed E-state index contributed by atoms with van der Waals surface area (Å²) in [5, 5.41) is 0. The summed E-state index contributed by atoms with van der Waals surface area (Å²) in [5.74, 6) is 0.309. The van der Waals surface area contributed by atoms with Crippen molar-refractivity contribution in [1.29, 1.82) is 0 Å². The van der Waals surface area contributed by atoms with Crippen molar-refractivity contribution < 1.29 is 13.2 Å². The molecular formula is C24H29N3O3S. The van der Waals surface area contributed by atoms with E-state index in [-0.39, 0.29) is 28.8 Å². The van der Waals surface area contributed by atoms with Crippen LogP contribution in [0, 0.1) is 0 Å². The number of hydrogen-bond donors (Lipinski definition) is 0. The first kappa shape index (κ1) is 21.6. The molecule has 0 N–H and O–H groups in total. The lowest BCUT2D eigenvalue weighted by molar-refractivity contribution is -0.132. The Bertz CT molecular complexity index is 1130. The van der Waals surface area contributed by atoms with Gasteiger partial charge >= 0.3 is 0 Å². The quantitative estimate of drug-likeness (QED) is 0.731. The second-order valence-electron chi connectivity index (χ2n) is 9.36. The van der Waals surface area contributed by atoms with Crippen LogP contribution in [-0.2, 0) is 20.2 Å². The Morgan fingerprint density at radius 3 is 2.48 bits per heavy atom. The van der Waals surface area contributed by atoms with E-state index in [0.29, 0.717) is 17.9 Å². The van der Waals surface area contributed by atoms with E-state index in [1.165, 1.54) is 5.56 Å². The largest absolute Gasteiger partial charge is 0.349 e. The number of nitrogens with zero attached hydrogens (tertiary/aromatic N) is 3. The highest BCUT2D eigenvalue weighted by Gasteiger charge is 2.34. The molecule has 164 valence electrons. The Hall–Kier alpha value is -2.67. The van der Waals surface area contributed by atoms with Gasteiger partial charge in [0.1, 0.15) is 4.90 Å². The first-order valence-corrected chi connectivity index (χ1v) is 12.1. The van der Waals surface area contributed by atoms with E-state index < -0.39 is 10.0 Å². The fourth-order valence-electron chi connectivity index (χ4n) is 4.35. The minimum absolute atomic E-state index is 0.0191. The van der Waals surface area contributed by atoms with Gasteiger partial charge in [-0.15, -0.1) is 4.40 Å². The Kier molecular flexibility index (Phi) is 5.41. The highest BCUT2D eigenvalue weighted by molar-refractivity contribution is 7.90. The zero-order valence-corrected chi connectivity index (χ0v) is 19.3. The summed E-state index contributed by atoms with van der Waals surface area (Å²) >= 11 is 0. The summed E-state index contributed by atoms with van der Waals surface area (Å²) in [6.45, 7) is 7.35. The van der Waals surface area contributed by atoms with Gasteiger partial charge in [0.2, 0.25) is 5.91 Å². The fourth-order valence-corrected chi connectivity index (χ4v) is 5.60. The van der Waals surface area contributed by atoms with Crippen LogP contribution in [0.15, 0.2) is 57.8 Å². The molecule has 2 aliphatic heterocycles. The number of carbonyl (C=O) groups excluding carboxylic acids is 1. The molecule has 0 spiro atoms. The van der Waals surface area contributed by atoms with E-state index >= 15 is 0 Å². The molecule has 2 aromatic rings. The van der Waals surface area contributed by atoms with Crippen molar-refractivity contribution in [1.82, 2.24) is 9.80 Å². The molecule has 2 aliphatic rings. The molecule has 4 rings (SSSR count). The number of benzene rings is 2. The van der Waals surface area contributed by atoms with Crippen molar-refractivity contribution in [3.8, 4) is 0 Å². The van der Waals surface area contributed by atoms with Crippen molar-refractivity contribution in [3.63, 3.8) is 0 Å². The Morgan fingerprint density at radius 1 is 1.13 bits per heavy atom. The number of rotatable bonds is 3. The number of likely N-dealkylation sites (tertiary alicyclic amines) is 1. The third-order valence-corrected chi connectivity index (χ3v) is 7.41. The SMILES string of the molecule is CN(CC(=O)N1CCCC1c1ccc(C(C)(C)C)cc1)C1=NS(=O)(=O)c2ccccc21. The molecule has 1 amide bonds. The molecule has 0 bridgehead atoms. The average molecular weight is 440 g/mol. The van der Waals surface area contributed by atoms with Gasteiger partial charge in [-0.1, -0.05) is 57.2 Å². The Morgan fingerprint density at radius 2 is 1.81 bits per heavy atom. The molecular weight excluding hydrogens is 410 g/mol. The highest BCUT2D eigenvalue weighted by Crippen LogP contribution is 2.34. The smallest absolute Gasteiger partial charge is 0.285 e. The fraction of sp³-hybridized carbons (Fsp3) is 0.417. The second-order valence-corrected chi connectivity index (χ2v) is 10.9. The maximum Gasteiger partial charge on any atom is 0.285 e. The number of hydrogen-bond acceptors (Lipinski definition) is 4. The van der Waals surface area contributed by atoms with Crippen LogP contribution in [0.3, 0.4) is 0 Å².